The normalized spacial score (nSPS) is 15.3. The van der Waals surface area contributed by atoms with E-state index < -0.39 is 6.04 Å². The number of carbonyl (C=O) groups excluding carboxylic acids is 1. The number of allylic oxidation sites excluding steroid dienone is 1. The predicted octanol–water partition coefficient (Wildman–Crippen LogP) is 4.43. The second kappa shape index (κ2) is 9.26. The molecule has 4 rings (SSSR count). The maximum absolute atomic E-state index is 12.9. The summed E-state index contributed by atoms with van der Waals surface area (Å²) in [5.41, 5.74) is 3.19. The molecule has 1 atom stereocenters. The van der Waals surface area contributed by atoms with Crippen molar-refractivity contribution in [3.63, 3.8) is 0 Å². The Morgan fingerprint density at radius 1 is 1.16 bits per heavy atom. The number of esters is 1. The van der Waals surface area contributed by atoms with E-state index in [1.807, 2.05) is 49.4 Å². The van der Waals surface area contributed by atoms with Crippen molar-refractivity contribution in [3.05, 3.63) is 77.0 Å². The average Bonchev–Trinajstić information content (AvgIpc) is 3.20. The molecule has 0 aliphatic carbocycles. The van der Waals surface area contributed by atoms with E-state index in [1.165, 1.54) is 5.56 Å². The fourth-order valence-electron chi connectivity index (χ4n) is 3.57. The van der Waals surface area contributed by atoms with Gasteiger partial charge >= 0.3 is 5.97 Å². The molecule has 0 bridgehead atoms. The minimum absolute atomic E-state index is 0.288. The van der Waals surface area contributed by atoms with Crippen LogP contribution in [0.1, 0.15) is 31.0 Å². The van der Waals surface area contributed by atoms with Crippen LogP contribution in [0, 0.1) is 0 Å². The van der Waals surface area contributed by atoms with Gasteiger partial charge in [0.25, 0.3) is 0 Å². The fraction of sp³-hybridized carbons (Fsp3) is 0.261. The van der Waals surface area contributed by atoms with Crippen molar-refractivity contribution in [2.75, 3.05) is 19.0 Å². The Hall–Kier alpha value is -3.26. The minimum Gasteiger partial charge on any atom is -0.496 e. The van der Waals surface area contributed by atoms with Crippen LogP contribution in [0.5, 0.6) is 5.75 Å². The number of aromatic nitrogens is 3. The number of carbonyl (C=O) groups is 1. The Morgan fingerprint density at radius 2 is 1.90 bits per heavy atom. The van der Waals surface area contributed by atoms with Crippen LogP contribution >= 0.6 is 11.8 Å². The minimum atomic E-state index is -0.509. The molecule has 0 amide bonds. The van der Waals surface area contributed by atoms with E-state index in [1.54, 1.807) is 30.5 Å². The number of ether oxygens (including phenoxy) is 2. The number of hydrogen-bond acceptors (Lipinski definition) is 7. The zero-order valence-corrected chi connectivity index (χ0v) is 18.5. The molecule has 0 unspecified atom stereocenters. The van der Waals surface area contributed by atoms with Crippen LogP contribution in [0.2, 0.25) is 0 Å². The molecule has 0 saturated carbocycles. The van der Waals surface area contributed by atoms with Gasteiger partial charge in [0.2, 0.25) is 11.1 Å². The smallest absolute Gasteiger partial charge is 0.338 e. The Balaban J connectivity index is 1.74. The Labute approximate surface area is 185 Å². The standard InChI is InChI=1S/C23H24N4O3S/c1-4-30-21(28)19-15(2)24-22-25-23(31-14-16-10-6-5-7-11-16)26-27(22)20(19)17-12-8-9-13-18(17)29-3/h5-13,20H,4,14H2,1-3H3,(H,24,25,26)/t20-/m0/s1. The molecule has 160 valence electrons. The van der Waals surface area contributed by atoms with Crippen molar-refractivity contribution in [3.8, 4) is 5.75 Å². The van der Waals surface area contributed by atoms with Gasteiger partial charge in [-0.2, -0.15) is 4.98 Å². The number of nitrogens with zero attached hydrogens (tertiary/aromatic N) is 3. The lowest BCUT2D eigenvalue weighted by Crippen LogP contribution is -2.30. The first-order chi connectivity index (χ1) is 15.1. The van der Waals surface area contributed by atoms with Crippen molar-refractivity contribution in [2.45, 2.75) is 30.8 Å². The third kappa shape index (κ3) is 4.29. The van der Waals surface area contributed by atoms with Gasteiger partial charge in [0, 0.05) is 17.0 Å². The van der Waals surface area contributed by atoms with E-state index in [-0.39, 0.29) is 12.6 Å². The molecular formula is C23H24N4O3S. The lowest BCUT2D eigenvalue weighted by molar-refractivity contribution is -0.139. The highest BCUT2D eigenvalue weighted by Gasteiger charge is 2.36. The molecule has 7 nitrogen and oxygen atoms in total. The molecule has 31 heavy (non-hydrogen) atoms. The molecule has 0 spiro atoms. The van der Waals surface area contributed by atoms with Gasteiger partial charge in [0.05, 0.1) is 19.3 Å². The molecular weight excluding hydrogens is 412 g/mol. The second-order valence-electron chi connectivity index (χ2n) is 6.97. The largest absolute Gasteiger partial charge is 0.496 e. The summed E-state index contributed by atoms with van der Waals surface area (Å²) in [5.74, 6) is 1.62. The maximum atomic E-state index is 12.9. The number of para-hydroxylation sites is 1. The Bertz CT molecular complexity index is 1110. The molecule has 0 fully saturated rings. The first kappa shape index (κ1) is 21.0. The molecule has 0 saturated heterocycles. The van der Waals surface area contributed by atoms with Crippen LogP contribution in [-0.2, 0) is 15.3 Å². The van der Waals surface area contributed by atoms with Gasteiger partial charge in [-0.3, -0.25) is 0 Å². The second-order valence-corrected chi connectivity index (χ2v) is 7.91. The number of hydrogen-bond donors (Lipinski definition) is 1. The van der Waals surface area contributed by atoms with Gasteiger partial charge in [0.15, 0.2) is 0 Å². The number of fused-ring (bicyclic) bond motifs is 1. The lowest BCUT2D eigenvalue weighted by atomic mass is 9.95. The summed E-state index contributed by atoms with van der Waals surface area (Å²) in [6.07, 6.45) is 0. The number of anilines is 1. The highest BCUT2D eigenvalue weighted by molar-refractivity contribution is 7.98. The number of nitrogens with one attached hydrogen (secondary N) is 1. The number of benzene rings is 2. The highest BCUT2D eigenvalue weighted by atomic mass is 32.2. The number of rotatable bonds is 7. The molecule has 1 aromatic heterocycles. The zero-order valence-electron chi connectivity index (χ0n) is 17.7. The summed E-state index contributed by atoms with van der Waals surface area (Å²) < 4.78 is 12.7. The quantitative estimate of drug-likeness (QED) is 0.434. The van der Waals surface area contributed by atoms with Gasteiger partial charge in [-0.1, -0.05) is 60.3 Å². The topological polar surface area (TPSA) is 78.3 Å². The highest BCUT2D eigenvalue weighted by Crippen LogP contribution is 2.40. The van der Waals surface area contributed by atoms with E-state index >= 15 is 0 Å². The fourth-order valence-corrected chi connectivity index (χ4v) is 4.35. The Kier molecular flexibility index (Phi) is 6.27. The van der Waals surface area contributed by atoms with E-state index in [0.29, 0.717) is 28.1 Å². The summed E-state index contributed by atoms with van der Waals surface area (Å²) in [6.45, 7) is 3.93. The first-order valence-electron chi connectivity index (χ1n) is 10.0. The van der Waals surface area contributed by atoms with Gasteiger partial charge in [0.1, 0.15) is 11.8 Å². The van der Waals surface area contributed by atoms with Crippen molar-refractivity contribution < 1.29 is 14.3 Å². The molecule has 2 heterocycles. The molecule has 1 aliphatic heterocycles. The zero-order chi connectivity index (χ0) is 21.8. The lowest BCUT2D eigenvalue weighted by Gasteiger charge is -2.28. The summed E-state index contributed by atoms with van der Waals surface area (Å²) in [4.78, 5) is 17.6. The van der Waals surface area contributed by atoms with E-state index in [0.717, 1.165) is 11.3 Å². The average molecular weight is 437 g/mol. The van der Waals surface area contributed by atoms with Gasteiger partial charge in [-0.05, 0) is 25.5 Å². The van der Waals surface area contributed by atoms with E-state index in [9.17, 15) is 4.79 Å². The SMILES string of the molecule is CCOC(=O)C1=C(C)Nc2nc(SCc3ccccc3)nn2[C@H]1c1ccccc1OC. The van der Waals surface area contributed by atoms with Crippen LogP contribution in [0.3, 0.4) is 0 Å². The summed E-state index contributed by atoms with van der Waals surface area (Å²) in [7, 11) is 1.61. The molecule has 3 aromatic rings. The summed E-state index contributed by atoms with van der Waals surface area (Å²) >= 11 is 1.55. The number of thioether (sulfide) groups is 1. The van der Waals surface area contributed by atoms with Crippen LogP contribution in [0.4, 0.5) is 5.95 Å². The summed E-state index contributed by atoms with van der Waals surface area (Å²) in [5, 5.41) is 8.58. The van der Waals surface area contributed by atoms with Gasteiger partial charge < -0.3 is 14.8 Å². The van der Waals surface area contributed by atoms with Gasteiger partial charge in [-0.25, -0.2) is 9.48 Å². The third-order valence-corrected chi connectivity index (χ3v) is 5.88. The van der Waals surface area contributed by atoms with Crippen molar-refractivity contribution >= 4 is 23.7 Å². The van der Waals surface area contributed by atoms with Crippen LogP contribution < -0.4 is 10.1 Å². The Morgan fingerprint density at radius 3 is 2.65 bits per heavy atom. The molecule has 0 radical (unpaired) electrons. The van der Waals surface area contributed by atoms with Crippen molar-refractivity contribution in [1.29, 1.82) is 0 Å². The monoisotopic (exact) mass is 436 g/mol. The van der Waals surface area contributed by atoms with Crippen LogP contribution in [0.15, 0.2) is 71.0 Å². The third-order valence-electron chi connectivity index (χ3n) is 4.97. The molecule has 2 aromatic carbocycles. The van der Waals surface area contributed by atoms with Gasteiger partial charge in [-0.15, -0.1) is 5.10 Å². The first-order valence-corrected chi connectivity index (χ1v) is 11.0. The molecule has 1 aliphatic rings. The van der Waals surface area contributed by atoms with Crippen molar-refractivity contribution in [1.82, 2.24) is 14.8 Å². The summed E-state index contributed by atoms with van der Waals surface area (Å²) in [6, 6.07) is 17.3. The van der Waals surface area contributed by atoms with Crippen LogP contribution in [-0.4, -0.2) is 34.5 Å². The molecule has 1 N–H and O–H groups in total. The predicted molar refractivity (Wildman–Crippen MR) is 120 cm³/mol. The van der Waals surface area contributed by atoms with Crippen molar-refractivity contribution in [2.24, 2.45) is 0 Å². The molecule has 8 heteroatoms. The van der Waals surface area contributed by atoms with E-state index in [2.05, 4.69) is 22.4 Å². The van der Waals surface area contributed by atoms with E-state index in [4.69, 9.17) is 14.6 Å². The van der Waals surface area contributed by atoms with Crippen LogP contribution in [0.25, 0.3) is 0 Å². The number of methoxy groups -OCH3 is 1. The maximum Gasteiger partial charge on any atom is 0.338 e.